The number of pyridine rings is 1. The highest BCUT2D eigenvalue weighted by Gasteiger charge is 2.08. The Bertz CT molecular complexity index is 567. The van der Waals surface area contributed by atoms with Crippen LogP contribution >= 0.6 is 11.8 Å². The smallest absolute Gasteiger partial charge is 0.173 e. The second-order valence-electron chi connectivity index (χ2n) is 4.12. The summed E-state index contributed by atoms with van der Waals surface area (Å²) in [5.41, 5.74) is 1.78. The van der Waals surface area contributed by atoms with Gasteiger partial charge in [-0.2, -0.15) is 0 Å². The number of carbonyl (C=O) groups excluding carboxylic acids is 1. The minimum absolute atomic E-state index is 0.0753. The second kappa shape index (κ2) is 6.38. The highest BCUT2D eigenvalue weighted by molar-refractivity contribution is 7.99. The maximum atomic E-state index is 12.0. The van der Waals surface area contributed by atoms with E-state index in [1.165, 1.54) is 11.8 Å². The van der Waals surface area contributed by atoms with Crippen molar-refractivity contribution in [2.45, 2.75) is 11.9 Å². The molecule has 0 bridgehead atoms. The van der Waals surface area contributed by atoms with Crippen LogP contribution in [0, 0.1) is 6.92 Å². The molecule has 2 aromatic rings. The number of methoxy groups -OCH3 is 1. The molecule has 0 atom stereocenters. The summed E-state index contributed by atoms with van der Waals surface area (Å²) in [6, 6.07) is 11.1. The summed E-state index contributed by atoms with van der Waals surface area (Å²) >= 11 is 1.44. The minimum atomic E-state index is 0.0753. The number of hydrogen-bond donors (Lipinski definition) is 0. The first kappa shape index (κ1) is 13.6. The average Bonchev–Trinajstić information content (AvgIpc) is 2.46. The number of aryl methyl sites for hydroxylation is 1. The van der Waals surface area contributed by atoms with Crippen molar-refractivity contribution in [1.29, 1.82) is 0 Å². The molecule has 0 saturated heterocycles. The Hall–Kier alpha value is -1.81. The van der Waals surface area contributed by atoms with Crippen molar-refractivity contribution in [2.75, 3.05) is 12.9 Å². The van der Waals surface area contributed by atoms with E-state index in [9.17, 15) is 4.79 Å². The summed E-state index contributed by atoms with van der Waals surface area (Å²) < 4.78 is 5.11. The van der Waals surface area contributed by atoms with E-state index < -0.39 is 0 Å². The van der Waals surface area contributed by atoms with Crippen molar-refractivity contribution in [1.82, 2.24) is 4.98 Å². The predicted octanol–water partition coefficient (Wildman–Crippen LogP) is 3.37. The van der Waals surface area contributed by atoms with Gasteiger partial charge in [0, 0.05) is 11.8 Å². The van der Waals surface area contributed by atoms with E-state index in [-0.39, 0.29) is 5.78 Å². The zero-order valence-corrected chi connectivity index (χ0v) is 11.7. The molecule has 2 rings (SSSR count). The standard InChI is InChI=1S/C15H15NO2S/c1-11-6-7-15(16-9-11)19-10-14(17)12-4-3-5-13(8-12)18-2/h3-9H,10H2,1-2H3. The van der Waals surface area contributed by atoms with Gasteiger partial charge in [0.1, 0.15) is 5.75 Å². The number of hydrogen-bond acceptors (Lipinski definition) is 4. The van der Waals surface area contributed by atoms with Crippen molar-refractivity contribution < 1.29 is 9.53 Å². The maximum Gasteiger partial charge on any atom is 0.173 e. The number of ketones is 1. The van der Waals surface area contributed by atoms with Crippen LogP contribution < -0.4 is 4.74 Å². The lowest BCUT2D eigenvalue weighted by atomic mass is 10.1. The van der Waals surface area contributed by atoms with E-state index >= 15 is 0 Å². The first-order valence-corrected chi connectivity index (χ1v) is 6.90. The van der Waals surface area contributed by atoms with Crippen molar-refractivity contribution >= 4 is 17.5 Å². The van der Waals surface area contributed by atoms with E-state index in [2.05, 4.69) is 4.98 Å². The maximum absolute atomic E-state index is 12.0. The molecule has 0 radical (unpaired) electrons. The van der Waals surface area contributed by atoms with Gasteiger partial charge in [-0.3, -0.25) is 4.79 Å². The molecule has 1 heterocycles. The first-order valence-electron chi connectivity index (χ1n) is 5.92. The molecular weight excluding hydrogens is 258 g/mol. The molecule has 98 valence electrons. The van der Waals surface area contributed by atoms with Crippen LogP contribution in [0.25, 0.3) is 0 Å². The highest BCUT2D eigenvalue weighted by Crippen LogP contribution is 2.19. The Morgan fingerprint density at radius 1 is 1.32 bits per heavy atom. The van der Waals surface area contributed by atoms with Gasteiger partial charge in [-0.05, 0) is 30.7 Å². The van der Waals surface area contributed by atoms with Gasteiger partial charge in [0.05, 0.1) is 17.9 Å². The van der Waals surface area contributed by atoms with Crippen LogP contribution in [0.5, 0.6) is 5.75 Å². The largest absolute Gasteiger partial charge is 0.497 e. The summed E-state index contributed by atoms with van der Waals surface area (Å²) in [5.74, 6) is 1.15. The van der Waals surface area contributed by atoms with Gasteiger partial charge >= 0.3 is 0 Å². The van der Waals surface area contributed by atoms with Crippen LogP contribution in [0.4, 0.5) is 0 Å². The van der Waals surface area contributed by atoms with Crippen LogP contribution in [0.15, 0.2) is 47.6 Å². The minimum Gasteiger partial charge on any atom is -0.497 e. The third-order valence-electron chi connectivity index (χ3n) is 2.63. The molecule has 1 aromatic carbocycles. The summed E-state index contributed by atoms with van der Waals surface area (Å²) in [4.78, 5) is 16.3. The molecule has 0 fully saturated rings. The topological polar surface area (TPSA) is 39.2 Å². The summed E-state index contributed by atoms with van der Waals surface area (Å²) in [5, 5.41) is 0.863. The van der Waals surface area contributed by atoms with Crippen molar-refractivity contribution in [2.24, 2.45) is 0 Å². The van der Waals surface area contributed by atoms with E-state index in [4.69, 9.17) is 4.74 Å². The Morgan fingerprint density at radius 2 is 2.16 bits per heavy atom. The number of rotatable bonds is 5. The van der Waals surface area contributed by atoms with E-state index in [1.54, 1.807) is 25.4 Å². The monoisotopic (exact) mass is 273 g/mol. The third-order valence-corrected chi connectivity index (χ3v) is 3.57. The van der Waals surface area contributed by atoms with Crippen molar-refractivity contribution in [3.05, 3.63) is 53.7 Å². The molecule has 0 aliphatic carbocycles. The summed E-state index contributed by atoms with van der Waals surface area (Å²) in [6.07, 6.45) is 1.80. The van der Waals surface area contributed by atoms with Gasteiger partial charge in [-0.15, -0.1) is 0 Å². The molecule has 19 heavy (non-hydrogen) atoms. The SMILES string of the molecule is COc1cccc(C(=O)CSc2ccc(C)cn2)c1. The molecule has 1 aromatic heterocycles. The van der Waals surface area contributed by atoms with Crippen LogP contribution in [0.2, 0.25) is 0 Å². The van der Waals surface area contributed by atoms with Gasteiger partial charge < -0.3 is 4.74 Å². The number of benzene rings is 1. The molecule has 3 nitrogen and oxygen atoms in total. The predicted molar refractivity (Wildman–Crippen MR) is 77.0 cm³/mol. The van der Waals surface area contributed by atoms with Crippen LogP contribution in [0.3, 0.4) is 0 Å². The van der Waals surface area contributed by atoms with E-state index in [0.29, 0.717) is 17.1 Å². The van der Waals surface area contributed by atoms with Crippen molar-refractivity contribution in [3.8, 4) is 5.75 Å². The first-order chi connectivity index (χ1) is 9.19. The molecular formula is C15H15NO2S. The number of ether oxygens (including phenoxy) is 1. The molecule has 0 N–H and O–H groups in total. The molecule has 0 unspecified atom stereocenters. The van der Waals surface area contributed by atoms with E-state index in [1.807, 2.05) is 31.2 Å². The molecule has 4 heteroatoms. The number of Topliss-reactive ketones (excluding diaryl/α,β-unsaturated/α-hetero) is 1. The van der Waals surface area contributed by atoms with E-state index in [0.717, 1.165) is 10.6 Å². The van der Waals surface area contributed by atoms with Gasteiger partial charge in [-0.25, -0.2) is 4.98 Å². The lowest BCUT2D eigenvalue weighted by Crippen LogP contribution is -2.02. The molecule has 0 aliphatic heterocycles. The van der Waals surface area contributed by atoms with Gasteiger partial charge in [0.2, 0.25) is 0 Å². The average molecular weight is 273 g/mol. The number of carbonyl (C=O) groups is 1. The Labute approximate surface area is 117 Å². The van der Waals surface area contributed by atoms with Gasteiger partial charge in [0.15, 0.2) is 5.78 Å². The lowest BCUT2D eigenvalue weighted by molar-refractivity contribution is 0.102. The lowest BCUT2D eigenvalue weighted by Gasteiger charge is -2.04. The fourth-order valence-corrected chi connectivity index (χ4v) is 2.30. The number of nitrogens with zero attached hydrogens (tertiary/aromatic N) is 1. The summed E-state index contributed by atoms with van der Waals surface area (Å²) in [6.45, 7) is 1.99. The zero-order valence-electron chi connectivity index (χ0n) is 10.9. The van der Waals surface area contributed by atoms with Gasteiger partial charge in [-0.1, -0.05) is 30.0 Å². The number of aromatic nitrogens is 1. The fraction of sp³-hybridized carbons (Fsp3) is 0.200. The number of thioether (sulfide) groups is 1. The van der Waals surface area contributed by atoms with Gasteiger partial charge in [0.25, 0.3) is 0 Å². The zero-order chi connectivity index (χ0) is 13.7. The van der Waals surface area contributed by atoms with Crippen LogP contribution in [-0.4, -0.2) is 23.6 Å². The Morgan fingerprint density at radius 3 is 2.84 bits per heavy atom. The fourth-order valence-electron chi connectivity index (χ4n) is 1.56. The highest BCUT2D eigenvalue weighted by atomic mass is 32.2. The normalized spacial score (nSPS) is 10.2. The van der Waals surface area contributed by atoms with Crippen LogP contribution in [0.1, 0.15) is 15.9 Å². The van der Waals surface area contributed by atoms with Crippen LogP contribution in [-0.2, 0) is 0 Å². The molecule has 0 aliphatic rings. The Kier molecular flexibility index (Phi) is 4.58. The molecule has 0 amide bonds. The Balaban J connectivity index is 1.99. The van der Waals surface area contributed by atoms with Crippen molar-refractivity contribution in [3.63, 3.8) is 0 Å². The summed E-state index contributed by atoms with van der Waals surface area (Å²) in [7, 11) is 1.59. The quantitative estimate of drug-likeness (QED) is 0.618. The molecule has 0 spiro atoms. The third kappa shape index (κ3) is 3.83. The molecule has 0 saturated carbocycles. The second-order valence-corrected chi connectivity index (χ2v) is 5.11.